The molecule has 92 valence electrons. The Hall–Kier alpha value is -2.18. The van der Waals surface area contributed by atoms with E-state index in [-0.39, 0.29) is 11.6 Å². The van der Waals surface area contributed by atoms with Crippen molar-refractivity contribution in [3.8, 4) is 0 Å². The summed E-state index contributed by atoms with van der Waals surface area (Å²) in [5, 5.41) is 2.85. The highest BCUT2D eigenvalue weighted by atomic mass is 16.2. The largest absolute Gasteiger partial charge is 0.364 e. The first-order chi connectivity index (χ1) is 7.91. The molecule has 0 aromatic carbocycles. The van der Waals surface area contributed by atoms with Gasteiger partial charge in [-0.05, 0) is 6.92 Å². The molecule has 1 aromatic rings. The van der Waals surface area contributed by atoms with E-state index in [2.05, 4.69) is 15.3 Å². The van der Waals surface area contributed by atoms with E-state index in [0.717, 1.165) is 0 Å². The molecule has 1 atom stereocenters. The van der Waals surface area contributed by atoms with Crippen LogP contribution < -0.4 is 11.1 Å². The lowest BCUT2D eigenvalue weighted by Gasteiger charge is -2.18. The van der Waals surface area contributed by atoms with Crippen molar-refractivity contribution >= 4 is 17.6 Å². The summed E-state index contributed by atoms with van der Waals surface area (Å²) in [5.41, 5.74) is 5.13. The third-order valence-electron chi connectivity index (χ3n) is 2.06. The van der Waals surface area contributed by atoms with E-state index in [9.17, 15) is 9.59 Å². The maximum Gasteiger partial charge on any atom is 0.268 e. The summed E-state index contributed by atoms with van der Waals surface area (Å²) in [6.07, 6.45) is 2.69. The molecule has 0 spiro atoms. The molecular formula is C10H15N5O2. The third kappa shape index (κ3) is 3.40. The number of rotatable bonds is 4. The SMILES string of the molecule is C[C@H](Nc1cncc(C(N)=O)n1)C(=O)N(C)C. The van der Waals surface area contributed by atoms with E-state index in [1.165, 1.54) is 17.3 Å². The van der Waals surface area contributed by atoms with Crippen LogP contribution in [0.5, 0.6) is 0 Å². The van der Waals surface area contributed by atoms with Crippen LogP contribution in [-0.4, -0.2) is 46.8 Å². The number of anilines is 1. The van der Waals surface area contributed by atoms with Crippen molar-refractivity contribution in [1.82, 2.24) is 14.9 Å². The smallest absolute Gasteiger partial charge is 0.268 e. The number of aromatic nitrogens is 2. The van der Waals surface area contributed by atoms with Crippen molar-refractivity contribution in [2.24, 2.45) is 5.73 Å². The molecule has 0 aliphatic heterocycles. The molecule has 0 aliphatic carbocycles. The second-order valence-electron chi connectivity index (χ2n) is 3.75. The standard InChI is InChI=1S/C10H15N5O2/c1-6(10(17)15(2)3)13-8-5-12-4-7(14-8)9(11)16/h4-6H,1-3H3,(H2,11,16)(H,13,14)/t6-/m0/s1. The van der Waals surface area contributed by atoms with Gasteiger partial charge in [-0.1, -0.05) is 0 Å². The van der Waals surface area contributed by atoms with Crippen LogP contribution in [0.3, 0.4) is 0 Å². The van der Waals surface area contributed by atoms with Crippen LogP contribution in [0.4, 0.5) is 5.82 Å². The first-order valence-corrected chi connectivity index (χ1v) is 5.01. The predicted octanol–water partition coefficient (Wildman–Crippen LogP) is -0.536. The van der Waals surface area contributed by atoms with Crippen LogP contribution >= 0.6 is 0 Å². The Morgan fingerprint density at radius 3 is 2.59 bits per heavy atom. The maximum absolute atomic E-state index is 11.6. The molecule has 0 saturated carbocycles. The van der Waals surface area contributed by atoms with E-state index in [0.29, 0.717) is 5.82 Å². The number of amides is 2. The Kier molecular flexibility index (Phi) is 3.97. The van der Waals surface area contributed by atoms with Crippen LogP contribution in [-0.2, 0) is 4.79 Å². The summed E-state index contributed by atoms with van der Waals surface area (Å²) in [6, 6.07) is -0.456. The normalized spacial score (nSPS) is 11.7. The zero-order valence-electron chi connectivity index (χ0n) is 9.97. The number of carbonyl (C=O) groups is 2. The zero-order chi connectivity index (χ0) is 13.0. The summed E-state index contributed by atoms with van der Waals surface area (Å²) in [6.45, 7) is 1.70. The van der Waals surface area contributed by atoms with Crippen LogP contribution in [0.1, 0.15) is 17.4 Å². The lowest BCUT2D eigenvalue weighted by molar-refractivity contribution is -0.129. The van der Waals surface area contributed by atoms with E-state index in [4.69, 9.17) is 5.73 Å². The molecule has 0 aliphatic rings. The summed E-state index contributed by atoms with van der Waals surface area (Å²) >= 11 is 0. The van der Waals surface area contributed by atoms with Gasteiger partial charge in [0.25, 0.3) is 5.91 Å². The van der Waals surface area contributed by atoms with Crippen LogP contribution in [0.25, 0.3) is 0 Å². The number of hydrogen-bond acceptors (Lipinski definition) is 5. The maximum atomic E-state index is 11.6. The Morgan fingerprint density at radius 1 is 1.41 bits per heavy atom. The van der Waals surface area contributed by atoms with Gasteiger partial charge in [0.05, 0.1) is 12.4 Å². The highest BCUT2D eigenvalue weighted by Crippen LogP contribution is 2.04. The van der Waals surface area contributed by atoms with Crippen molar-refractivity contribution in [2.75, 3.05) is 19.4 Å². The third-order valence-corrected chi connectivity index (χ3v) is 2.06. The molecule has 0 fully saturated rings. The average Bonchev–Trinajstić information content (AvgIpc) is 2.28. The summed E-state index contributed by atoms with van der Waals surface area (Å²) < 4.78 is 0. The summed E-state index contributed by atoms with van der Waals surface area (Å²) in [4.78, 5) is 31.7. The molecule has 1 heterocycles. The minimum atomic E-state index is -0.660. The van der Waals surface area contributed by atoms with E-state index >= 15 is 0 Å². The first-order valence-electron chi connectivity index (χ1n) is 5.01. The molecule has 0 unspecified atom stereocenters. The number of primary amides is 1. The molecule has 1 aromatic heterocycles. The molecule has 7 nitrogen and oxygen atoms in total. The summed E-state index contributed by atoms with van der Waals surface area (Å²) in [7, 11) is 3.32. The minimum absolute atomic E-state index is 0.0551. The second-order valence-corrected chi connectivity index (χ2v) is 3.75. The Bertz CT molecular complexity index is 432. The van der Waals surface area contributed by atoms with Gasteiger partial charge in [-0.2, -0.15) is 0 Å². The van der Waals surface area contributed by atoms with E-state index in [1.807, 2.05) is 0 Å². The van der Waals surface area contributed by atoms with E-state index < -0.39 is 11.9 Å². The van der Waals surface area contributed by atoms with Gasteiger partial charge >= 0.3 is 0 Å². The molecule has 2 amide bonds. The molecule has 7 heteroatoms. The fourth-order valence-corrected chi connectivity index (χ4v) is 1.23. The molecule has 0 bridgehead atoms. The van der Waals surface area contributed by atoms with Crippen LogP contribution in [0, 0.1) is 0 Å². The number of likely N-dealkylation sites (N-methyl/N-ethyl adjacent to an activating group) is 1. The van der Waals surface area contributed by atoms with Crippen molar-refractivity contribution in [2.45, 2.75) is 13.0 Å². The highest BCUT2D eigenvalue weighted by Gasteiger charge is 2.15. The Balaban J connectivity index is 2.78. The van der Waals surface area contributed by atoms with Crippen molar-refractivity contribution in [3.05, 3.63) is 18.1 Å². The first kappa shape index (κ1) is 12.9. The van der Waals surface area contributed by atoms with Gasteiger partial charge in [0, 0.05) is 14.1 Å². The van der Waals surface area contributed by atoms with Crippen molar-refractivity contribution in [3.63, 3.8) is 0 Å². The Morgan fingerprint density at radius 2 is 2.06 bits per heavy atom. The lowest BCUT2D eigenvalue weighted by atomic mass is 10.3. The number of hydrogen-bond donors (Lipinski definition) is 2. The van der Waals surface area contributed by atoms with E-state index in [1.54, 1.807) is 21.0 Å². The van der Waals surface area contributed by atoms with Crippen LogP contribution in [0.2, 0.25) is 0 Å². The van der Waals surface area contributed by atoms with Gasteiger partial charge in [0.15, 0.2) is 0 Å². The molecule has 0 saturated heterocycles. The number of nitrogens with two attached hydrogens (primary N) is 1. The van der Waals surface area contributed by atoms with Gasteiger partial charge in [-0.3, -0.25) is 14.6 Å². The fourth-order valence-electron chi connectivity index (χ4n) is 1.23. The van der Waals surface area contributed by atoms with Gasteiger partial charge in [0.1, 0.15) is 17.6 Å². The highest BCUT2D eigenvalue weighted by molar-refractivity contribution is 5.90. The average molecular weight is 237 g/mol. The van der Waals surface area contributed by atoms with Gasteiger partial charge in [-0.25, -0.2) is 4.98 Å². The number of nitrogens with one attached hydrogen (secondary N) is 1. The zero-order valence-corrected chi connectivity index (χ0v) is 9.97. The summed E-state index contributed by atoms with van der Waals surface area (Å²) in [5.74, 6) is -0.423. The van der Waals surface area contributed by atoms with Gasteiger partial charge in [0.2, 0.25) is 5.91 Å². The molecule has 17 heavy (non-hydrogen) atoms. The topological polar surface area (TPSA) is 101 Å². The van der Waals surface area contributed by atoms with Gasteiger partial charge < -0.3 is 16.0 Å². The quantitative estimate of drug-likeness (QED) is 0.732. The predicted molar refractivity (Wildman–Crippen MR) is 62.3 cm³/mol. The molecular weight excluding hydrogens is 222 g/mol. The molecule has 3 N–H and O–H groups in total. The fraction of sp³-hybridized carbons (Fsp3) is 0.400. The number of nitrogens with zero attached hydrogens (tertiary/aromatic N) is 3. The monoisotopic (exact) mass is 237 g/mol. The molecule has 0 radical (unpaired) electrons. The van der Waals surface area contributed by atoms with Crippen molar-refractivity contribution in [1.29, 1.82) is 0 Å². The van der Waals surface area contributed by atoms with Gasteiger partial charge in [-0.15, -0.1) is 0 Å². The van der Waals surface area contributed by atoms with Crippen LogP contribution in [0.15, 0.2) is 12.4 Å². The lowest BCUT2D eigenvalue weighted by Crippen LogP contribution is -2.37. The molecule has 1 rings (SSSR count). The number of carbonyl (C=O) groups excluding carboxylic acids is 2. The minimum Gasteiger partial charge on any atom is -0.364 e. The van der Waals surface area contributed by atoms with Crippen molar-refractivity contribution < 1.29 is 9.59 Å². The Labute approximate surface area is 99.0 Å². The second kappa shape index (κ2) is 5.24.